The summed E-state index contributed by atoms with van der Waals surface area (Å²) >= 11 is 0. The summed E-state index contributed by atoms with van der Waals surface area (Å²) in [5.41, 5.74) is 1.67. The fourth-order valence-corrected chi connectivity index (χ4v) is 2.91. The van der Waals surface area contributed by atoms with Gasteiger partial charge in [0, 0.05) is 5.92 Å². The Bertz CT molecular complexity index is 245. The molecule has 1 aliphatic rings. The first-order valence-corrected chi connectivity index (χ1v) is 5.75. The molecule has 0 amide bonds. The van der Waals surface area contributed by atoms with Crippen LogP contribution in [0.2, 0.25) is 0 Å². The molecule has 14 heavy (non-hydrogen) atoms. The summed E-state index contributed by atoms with van der Waals surface area (Å²) < 4.78 is 0. The molecule has 0 saturated heterocycles. The van der Waals surface area contributed by atoms with Gasteiger partial charge in [0.25, 0.3) is 0 Å². The van der Waals surface area contributed by atoms with Crippen molar-refractivity contribution in [1.82, 2.24) is 0 Å². The third kappa shape index (κ3) is 1.80. The molecular formula is C14H24. The lowest BCUT2D eigenvalue weighted by molar-refractivity contribution is 0.171. The second-order valence-corrected chi connectivity index (χ2v) is 5.44. The molecule has 3 unspecified atom stereocenters. The van der Waals surface area contributed by atoms with E-state index >= 15 is 0 Å². The molecule has 1 aliphatic carbocycles. The zero-order valence-electron chi connectivity index (χ0n) is 10.3. The van der Waals surface area contributed by atoms with Crippen molar-refractivity contribution in [3.63, 3.8) is 0 Å². The molecule has 0 aromatic rings. The lowest BCUT2D eigenvalue weighted by Crippen LogP contribution is -2.30. The van der Waals surface area contributed by atoms with Gasteiger partial charge in [-0.1, -0.05) is 58.4 Å². The molecule has 0 nitrogen and oxygen atoms in total. The molecule has 0 saturated carbocycles. The minimum Gasteiger partial charge on any atom is -0.0995 e. The van der Waals surface area contributed by atoms with E-state index in [1.54, 1.807) is 0 Å². The van der Waals surface area contributed by atoms with E-state index in [4.69, 9.17) is 0 Å². The Balaban J connectivity index is 2.86. The molecule has 0 aromatic carbocycles. The van der Waals surface area contributed by atoms with Gasteiger partial charge in [-0.3, -0.25) is 0 Å². The summed E-state index contributed by atoms with van der Waals surface area (Å²) in [5.74, 6) is 2.07. The zero-order chi connectivity index (χ0) is 10.9. The number of hydrogen-bond donors (Lipinski definition) is 0. The Labute approximate surface area is 89.1 Å². The lowest BCUT2D eigenvalue weighted by atomic mass is 9.67. The van der Waals surface area contributed by atoms with Crippen molar-refractivity contribution in [3.8, 4) is 0 Å². The highest BCUT2D eigenvalue weighted by molar-refractivity contribution is 5.21. The fraction of sp³-hybridized carbons (Fsp3) is 0.714. The van der Waals surface area contributed by atoms with Crippen molar-refractivity contribution in [2.75, 3.05) is 0 Å². The Hall–Kier alpha value is -0.520. The van der Waals surface area contributed by atoms with Crippen LogP contribution < -0.4 is 0 Å². The van der Waals surface area contributed by atoms with Gasteiger partial charge in [0.15, 0.2) is 0 Å². The Kier molecular flexibility index (Phi) is 3.24. The van der Waals surface area contributed by atoms with Crippen LogP contribution in [0.5, 0.6) is 0 Å². The molecule has 0 heterocycles. The molecule has 0 aromatic heterocycles. The van der Waals surface area contributed by atoms with E-state index in [1.807, 2.05) is 0 Å². The Morgan fingerprint density at radius 1 is 1.43 bits per heavy atom. The van der Waals surface area contributed by atoms with Gasteiger partial charge in [0.1, 0.15) is 0 Å². The first-order valence-electron chi connectivity index (χ1n) is 5.75. The molecule has 0 fully saturated rings. The van der Waals surface area contributed by atoms with Crippen molar-refractivity contribution in [2.45, 2.75) is 41.0 Å². The maximum absolute atomic E-state index is 4.10. The number of rotatable bonds is 3. The maximum Gasteiger partial charge on any atom is 0.00283 e. The van der Waals surface area contributed by atoms with Crippen molar-refractivity contribution in [3.05, 3.63) is 24.3 Å². The predicted molar refractivity (Wildman–Crippen MR) is 64.2 cm³/mol. The van der Waals surface area contributed by atoms with Gasteiger partial charge in [0.05, 0.1) is 0 Å². The van der Waals surface area contributed by atoms with Gasteiger partial charge in [0.2, 0.25) is 0 Å². The quantitative estimate of drug-likeness (QED) is 0.580. The van der Waals surface area contributed by atoms with E-state index in [0.29, 0.717) is 17.3 Å². The summed E-state index contributed by atoms with van der Waals surface area (Å²) in [6, 6.07) is 0. The maximum atomic E-state index is 4.10. The average molecular weight is 192 g/mol. The van der Waals surface area contributed by atoms with Crippen molar-refractivity contribution in [1.29, 1.82) is 0 Å². The Morgan fingerprint density at radius 3 is 2.36 bits per heavy atom. The molecule has 0 aliphatic heterocycles. The lowest BCUT2D eigenvalue weighted by Gasteiger charge is -2.37. The highest BCUT2D eigenvalue weighted by Crippen LogP contribution is 2.49. The molecule has 80 valence electrons. The van der Waals surface area contributed by atoms with Crippen molar-refractivity contribution in [2.24, 2.45) is 23.2 Å². The largest absolute Gasteiger partial charge is 0.0995 e. The molecule has 0 spiro atoms. The normalized spacial score (nSPS) is 31.8. The molecule has 0 bridgehead atoms. The van der Waals surface area contributed by atoms with Crippen LogP contribution in [0, 0.1) is 23.2 Å². The van der Waals surface area contributed by atoms with Gasteiger partial charge < -0.3 is 0 Å². The Morgan fingerprint density at radius 2 is 2.00 bits per heavy atom. The standard InChI is InChI=1S/C14H24/c1-7-11(4)13-9-8-12(10(2)3)14(13,5)6/h8-9,11-13H,2,7H2,1,3-6H3. The van der Waals surface area contributed by atoms with Crippen LogP contribution in [0.15, 0.2) is 24.3 Å². The van der Waals surface area contributed by atoms with Crippen LogP contribution in [0.3, 0.4) is 0 Å². The monoisotopic (exact) mass is 192 g/mol. The van der Waals surface area contributed by atoms with E-state index in [-0.39, 0.29) is 0 Å². The topological polar surface area (TPSA) is 0 Å². The molecule has 1 rings (SSSR count). The van der Waals surface area contributed by atoms with Crippen LogP contribution in [0.25, 0.3) is 0 Å². The van der Waals surface area contributed by atoms with Crippen molar-refractivity contribution >= 4 is 0 Å². The number of hydrogen-bond acceptors (Lipinski definition) is 0. The van der Waals surface area contributed by atoms with Gasteiger partial charge in [-0.05, 0) is 24.2 Å². The zero-order valence-corrected chi connectivity index (χ0v) is 10.3. The molecular weight excluding hydrogens is 168 g/mol. The second kappa shape index (κ2) is 3.92. The molecule has 0 N–H and O–H groups in total. The SMILES string of the molecule is C=C(C)C1C=CC(C(C)CC)C1(C)C. The predicted octanol–water partition coefficient (Wildman–Crippen LogP) is 4.44. The minimum absolute atomic E-state index is 0.362. The van der Waals surface area contributed by atoms with E-state index in [0.717, 1.165) is 5.92 Å². The summed E-state index contributed by atoms with van der Waals surface area (Å²) in [7, 11) is 0. The first kappa shape index (κ1) is 11.6. The van der Waals surface area contributed by atoms with Crippen LogP contribution in [-0.2, 0) is 0 Å². The summed E-state index contributed by atoms with van der Waals surface area (Å²) in [5, 5.41) is 0. The molecule has 0 radical (unpaired) electrons. The number of allylic oxidation sites excluding steroid dienone is 3. The third-order valence-corrected chi connectivity index (χ3v) is 3.96. The summed E-state index contributed by atoms with van der Waals surface area (Å²) in [4.78, 5) is 0. The molecule has 3 atom stereocenters. The van der Waals surface area contributed by atoms with Crippen LogP contribution in [-0.4, -0.2) is 0 Å². The van der Waals surface area contributed by atoms with Gasteiger partial charge in [-0.15, -0.1) is 0 Å². The minimum atomic E-state index is 0.362. The second-order valence-electron chi connectivity index (χ2n) is 5.44. The summed E-state index contributed by atoms with van der Waals surface area (Å²) in [6.07, 6.45) is 6.04. The third-order valence-electron chi connectivity index (χ3n) is 3.96. The van der Waals surface area contributed by atoms with Crippen molar-refractivity contribution < 1.29 is 0 Å². The van der Waals surface area contributed by atoms with Gasteiger partial charge in [-0.25, -0.2) is 0 Å². The van der Waals surface area contributed by atoms with Gasteiger partial charge in [-0.2, -0.15) is 0 Å². The summed E-state index contributed by atoms with van der Waals surface area (Å²) in [6.45, 7) is 15.6. The smallest absolute Gasteiger partial charge is 0.00283 e. The van der Waals surface area contributed by atoms with Crippen LogP contribution in [0.1, 0.15) is 41.0 Å². The highest BCUT2D eigenvalue weighted by Gasteiger charge is 2.41. The van der Waals surface area contributed by atoms with E-state index in [2.05, 4.69) is 53.3 Å². The average Bonchev–Trinajstić information content (AvgIpc) is 2.39. The van der Waals surface area contributed by atoms with Crippen LogP contribution >= 0.6 is 0 Å². The fourth-order valence-electron chi connectivity index (χ4n) is 2.91. The van der Waals surface area contributed by atoms with Crippen LogP contribution in [0.4, 0.5) is 0 Å². The highest BCUT2D eigenvalue weighted by atomic mass is 14.4. The van der Waals surface area contributed by atoms with Gasteiger partial charge >= 0.3 is 0 Å². The van der Waals surface area contributed by atoms with E-state index in [1.165, 1.54) is 12.0 Å². The first-order chi connectivity index (χ1) is 6.41. The van der Waals surface area contributed by atoms with E-state index in [9.17, 15) is 0 Å². The van der Waals surface area contributed by atoms with E-state index < -0.39 is 0 Å². The molecule has 0 heteroatoms.